The van der Waals surface area contributed by atoms with Gasteiger partial charge in [-0.1, -0.05) is 0 Å². The highest BCUT2D eigenvalue weighted by atomic mass is 16.6. The van der Waals surface area contributed by atoms with Crippen molar-refractivity contribution in [3.8, 4) is 5.75 Å². The lowest BCUT2D eigenvalue weighted by Crippen LogP contribution is -2.09. The van der Waals surface area contributed by atoms with Crippen molar-refractivity contribution in [3.63, 3.8) is 0 Å². The van der Waals surface area contributed by atoms with Crippen molar-refractivity contribution >= 4 is 10.9 Å². The van der Waals surface area contributed by atoms with Crippen molar-refractivity contribution in [1.29, 1.82) is 0 Å². The largest absolute Gasteiger partial charge is 0.411 e. The molecule has 0 bridgehead atoms. The van der Waals surface area contributed by atoms with Gasteiger partial charge in [0.25, 0.3) is 5.56 Å². The molecule has 0 radical (unpaired) electrons. The minimum atomic E-state index is -0.0910. The van der Waals surface area contributed by atoms with E-state index in [2.05, 4.69) is 9.82 Å². The van der Waals surface area contributed by atoms with Gasteiger partial charge in [-0.15, -0.1) is 0 Å². The van der Waals surface area contributed by atoms with Crippen LogP contribution in [-0.2, 0) is 0 Å². The number of aromatic amines is 1. The molecule has 2 rings (SSSR count). The maximum Gasteiger partial charge on any atom is 0.251 e. The molecule has 0 unspecified atom stereocenters. The molecule has 1 heterocycles. The summed E-state index contributed by atoms with van der Waals surface area (Å²) in [5.41, 5.74) is 1.33. The average molecular weight is 190 g/mol. The van der Waals surface area contributed by atoms with E-state index in [4.69, 9.17) is 5.90 Å². The second-order valence-electron chi connectivity index (χ2n) is 3.15. The van der Waals surface area contributed by atoms with Crippen molar-refractivity contribution in [3.05, 3.63) is 40.2 Å². The molecule has 4 heteroatoms. The van der Waals surface area contributed by atoms with Gasteiger partial charge in [0.2, 0.25) is 0 Å². The number of benzene rings is 1. The van der Waals surface area contributed by atoms with Gasteiger partial charge in [-0.3, -0.25) is 4.79 Å². The summed E-state index contributed by atoms with van der Waals surface area (Å²) in [5.74, 6) is 5.54. The minimum Gasteiger partial charge on any atom is -0.411 e. The minimum absolute atomic E-state index is 0.0910. The van der Waals surface area contributed by atoms with E-state index in [0.717, 1.165) is 10.9 Å². The maximum atomic E-state index is 11.3. The smallest absolute Gasteiger partial charge is 0.251 e. The van der Waals surface area contributed by atoms with Gasteiger partial charge in [-0.25, -0.2) is 0 Å². The van der Waals surface area contributed by atoms with E-state index in [9.17, 15) is 4.79 Å². The zero-order chi connectivity index (χ0) is 10.1. The summed E-state index contributed by atoms with van der Waals surface area (Å²) in [7, 11) is 0. The van der Waals surface area contributed by atoms with Crippen LogP contribution in [0.5, 0.6) is 5.75 Å². The lowest BCUT2D eigenvalue weighted by atomic mass is 10.2. The number of nitrogens with one attached hydrogen (secondary N) is 1. The Bertz CT molecular complexity index is 531. The van der Waals surface area contributed by atoms with Crippen molar-refractivity contribution < 1.29 is 4.84 Å². The number of hydrogen-bond donors (Lipinski definition) is 2. The molecule has 1 aromatic heterocycles. The molecule has 0 atom stereocenters. The van der Waals surface area contributed by atoms with E-state index in [0.29, 0.717) is 11.3 Å². The van der Waals surface area contributed by atoms with Gasteiger partial charge in [0.05, 0.1) is 5.52 Å². The van der Waals surface area contributed by atoms with Crippen LogP contribution < -0.4 is 16.3 Å². The van der Waals surface area contributed by atoms with Crippen molar-refractivity contribution in [2.75, 3.05) is 0 Å². The Balaban J connectivity index is 2.77. The second-order valence-corrected chi connectivity index (χ2v) is 3.15. The van der Waals surface area contributed by atoms with Crippen LogP contribution in [0, 0.1) is 6.92 Å². The van der Waals surface area contributed by atoms with E-state index < -0.39 is 0 Å². The van der Waals surface area contributed by atoms with E-state index in [-0.39, 0.29) is 5.56 Å². The fraction of sp³-hybridized carbons (Fsp3) is 0.100. The third-order valence-electron chi connectivity index (χ3n) is 2.14. The summed E-state index contributed by atoms with van der Waals surface area (Å²) in [6.45, 7) is 1.77. The number of fused-ring (bicyclic) bond motifs is 1. The molecule has 0 spiro atoms. The molecule has 0 saturated heterocycles. The topological polar surface area (TPSA) is 68.1 Å². The SMILES string of the molecule is Cc1cc2ccc(ON)cc2[nH]c1=O. The number of aryl methyl sites for hydroxylation is 1. The van der Waals surface area contributed by atoms with Crippen molar-refractivity contribution in [1.82, 2.24) is 4.98 Å². The Morgan fingerprint density at radius 3 is 2.86 bits per heavy atom. The molecule has 0 fully saturated rings. The zero-order valence-corrected chi connectivity index (χ0v) is 7.70. The van der Waals surface area contributed by atoms with Gasteiger partial charge in [-0.05, 0) is 30.5 Å². The van der Waals surface area contributed by atoms with Gasteiger partial charge in [0.1, 0.15) is 5.75 Å². The van der Waals surface area contributed by atoms with Crippen LogP contribution in [0.4, 0.5) is 0 Å². The Labute approximate surface area is 80.3 Å². The first kappa shape index (κ1) is 8.77. The first-order chi connectivity index (χ1) is 6.70. The highest BCUT2D eigenvalue weighted by Crippen LogP contribution is 2.17. The predicted octanol–water partition coefficient (Wildman–Crippen LogP) is 1.09. The first-order valence-electron chi connectivity index (χ1n) is 4.21. The quantitative estimate of drug-likeness (QED) is 0.661. The molecule has 14 heavy (non-hydrogen) atoms. The normalized spacial score (nSPS) is 10.4. The van der Waals surface area contributed by atoms with Crippen LogP contribution >= 0.6 is 0 Å². The Kier molecular flexibility index (Phi) is 1.98. The summed E-state index contributed by atoms with van der Waals surface area (Å²) in [6, 6.07) is 7.12. The first-order valence-corrected chi connectivity index (χ1v) is 4.21. The molecule has 3 N–H and O–H groups in total. The van der Waals surface area contributed by atoms with Crippen LogP contribution in [-0.4, -0.2) is 4.98 Å². The zero-order valence-electron chi connectivity index (χ0n) is 7.70. The molecular formula is C10H10N2O2. The average Bonchev–Trinajstić information content (AvgIpc) is 2.19. The van der Waals surface area contributed by atoms with E-state index in [1.54, 1.807) is 19.1 Å². The van der Waals surface area contributed by atoms with Crippen molar-refractivity contribution in [2.45, 2.75) is 6.92 Å². The lowest BCUT2D eigenvalue weighted by molar-refractivity contribution is 0.335. The molecule has 0 aliphatic heterocycles. The van der Waals surface area contributed by atoms with E-state index in [1.807, 2.05) is 12.1 Å². The van der Waals surface area contributed by atoms with Crippen LogP contribution in [0.2, 0.25) is 0 Å². The summed E-state index contributed by atoms with van der Waals surface area (Å²) in [6.07, 6.45) is 0. The van der Waals surface area contributed by atoms with Gasteiger partial charge >= 0.3 is 0 Å². The lowest BCUT2D eigenvalue weighted by Gasteiger charge is -2.01. The molecule has 0 aliphatic carbocycles. The summed E-state index contributed by atoms with van der Waals surface area (Å²) >= 11 is 0. The van der Waals surface area contributed by atoms with Crippen LogP contribution in [0.3, 0.4) is 0 Å². The van der Waals surface area contributed by atoms with Gasteiger partial charge in [0, 0.05) is 11.6 Å². The van der Waals surface area contributed by atoms with Gasteiger partial charge in [-0.2, -0.15) is 5.90 Å². The molecule has 4 nitrogen and oxygen atoms in total. The van der Waals surface area contributed by atoms with E-state index in [1.165, 1.54) is 0 Å². The third-order valence-corrected chi connectivity index (χ3v) is 2.14. The number of aromatic nitrogens is 1. The highest BCUT2D eigenvalue weighted by Gasteiger charge is 1.99. The number of rotatable bonds is 1. The van der Waals surface area contributed by atoms with E-state index >= 15 is 0 Å². The molecule has 0 saturated carbocycles. The molecule has 0 amide bonds. The fourth-order valence-corrected chi connectivity index (χ4v) is 1.36. The molecule has 1 aromatic carbocycles. The molecule has 2 aromatic rings. The van der Waals surface area contributed by atoms with Crippen LogP contribution in [0.1, 0.15) is 5.56 Å². The molecular weight excluding hydrogens is 180 g/mol. The summed E-state index contributed by atoms with van der Waals surface area (Å²) in [4.78, 5) is 18.6. The Hall–Kier alpha value is -1.81. The second kappa shape index (κ2) is 3.16. The molecule has 72 valence electrons. The number of pyridine rings is 1. The van der Waals surface area contributed by atoms with Crippen LogP contribution in [0.15, 0.2) is 29.1 Å². The van der Waals surface area contributed by atoms with Crippen molar-refractivity contribution in [2.24, 2.45) is 5.90 Å². The third kappa shape index (κ3) is 1.36. The van der Waals surface area contributed by atoms with Crippen LogP contribution in [0.25, 0.3) is 10.9 Å². The fourth-order valence-electron chi connectivity index (χ4n) is 1.36. The Morgan fingerprint density at radius 2 is 2.14 bits per heavy atom. The number of nitrogens with two attached hydrogens (primary N) is 1. The predicted molar refractivity (Wildman–Crippen MR) is 54.1 cm³/mol. The highest BCUT2D eigenvalue weighted by molar-refractivity contribution is 5.80. The Morgan fingerprint density at radius 1 is 1.36 bits per heavy atom. The maximum absolute atomic E-state index is 11.3. The number of H-pyrrole nitrogens is 1. The van der Waals surface area contributed by atoms with Gasteiger partial charge in [0.15, 0.2) is 0 Å². The monoisotopic (exact) mass is 190 g/mol. The standard InChI is InChI=1S/C10H10N2O2/c1-6-4-7-2-3-8(14-11)5-9(7)12-10(6)13/h2-5H,11H2,1H3,(H,12,13). The summed E-state index contributed by atoms with van der Waals surface area (Å²) in [5, 5.41) is 0.961. The van der Waals surface area contributed by atoms with Gasteiger partial charge < -0.3 is 9.82 Å². The summed E-state index contributed by atoms with van der Waals surface area (Å²) < 4.78 is 0. The molecule has 0 aliphatic rings. The number of hydrogen-bond acceptors (Lipinski definition) is 3.